The third-order valence-electron chi connectivity index (χ3n) is 2.90. The minimum atomic E-state index is -0.639. The summed E-state index contributed by atoms with van der Waals surface area (Å²) in [6.07, 6.45) is 0. The number of anilines is 1. The van der Waals surface area contributed by atoms with E-state index in [0.717, 1.165) is 11.1 Å². The molecule has 5 heteroatoms. The van der Waals surface area contributed by atoms with Gasteiger partial charge < -0.3 is 10.6 Å². The zero-order valence-corrected chi connectivity index (χ0v) is 11.7. The van der Waals surface area contributed by atoms with Crippen molar-refractivity contribution in [2.24, 2.45) is 0 Å². The van der Waals surface area contributed by atoms with Crippen molar-refractivity contribution in [2.45, 2.75) is 13.5 Å². The lowest BCUT2D eigenvalue weighted by molar-refractivity contribution is 0.251. The molecule has 0 aliphatic carbocycles. The molecular weight excluding hydrogens is 279 g/mol. The first kappa shape index (κ1) is 14.3. The van der Waals surface area contributed by atoms with Gasteiger partial charge in [0.15, 0.2) is 5.82 Å². The number of rotatable bonds is 3. The number of hydrogen-bond acceptors (Lipinski definition) is 1. The van der Waals surface area contributed by atoms with Crippen LogP contribution in [0.25, 0.3) is 0 Å². The van der Waals surface area contributed by atoms with E-state index in [0.29, 0.717) is 6.54 Å². The number of carbonyl (C=O) groups excluding carboxylic acids is 1. The van der Waals surface area contributed by atoms with Crippen LogP contribution in [0.3, 0.4) is 0 Å². The molecule has 2 amide bonds. The van der Waals surface area contributed by atoms with Crippen LogP contribution in [0, 0.1) is 12.7 Å². The molecule has 0 aromatic heterocycles. The third kappa shape index (κ3) is 3.48. The van der Waals surface area contributed by atoms with Gasteiger partial charge in [0.05, 0.1) is 10.7 Å². The molecule has 2 aromatic rings. The summed E-state index contributed by atoms with van der Waals surface area (Å²) in [4.78, 5) is 11.7. The van der Waals surface area contributed by atoms with Gasteiger partial charge >= 0.3 is 6.03 Å². The zero-order chi connectivity index (χ0) is 14.5. The first-order chi connectivity index (χ1) is 9.58. The lowest BCUT2D eigenvalue weighted by Crippen LogP contribution is -2.28. The Morgan fingerprint density at radius 3 is 2.70 bits per heavy atom. The van der Waals surface area contributed by atoms with Crippen LogP contribution in [0.15, 0.2) is 42.5 Å². The molecular formula is C15H14ClFN2O. The van der Waals surface area contributed by atoms with E-state index in [9.17, 15) is 9.18 Å². The molecule has 0 atom stereocenters. The summed E-state index contributed by atoms with van der Waals surface area (Å²) in [7, 11) is 0. The second-order valence-electron chi connectivity index (χ2n) is 4.34. The first-order valence-corrected chi connectivity index (χ1v) is 6.49. The van der Waals surface area contributed by atoms with Crippen molar-refractivity contribution in [3.05, 3.63) is 64.4 Å². The van der Waals surface area contributed by atoms with Gasteiger partial charge in [-0.25, -0.2) is 9.18 Å². The van der Waals surface area contributed by atoms with Gasteiger partial charge in [0, 0.05) is 6.54 Å². The molecule has 0 saturated carbocycles. The van der Waals surface area contributed by atoms with E-state index in [-0.39, 0.29) is 10.7 Å². The van der Waals surface area contributed by atoms with Gasteiger partial charge in [-0.1, -0.05) is 41.9 Å². The van der Waals surface area contributed by atoms with Crippen molar-refractivity contribution in [2.75, 3.05) is 5.32 Å². The summed E-state index contributed by atoms with van der Waals surface area (Å²) >= 11 is 5.64. The van der Waals surface area contributed by atoms with Crippen LogP contribution in [0.4, 0.5) is 14.9 Å². The fourth-order valence-electron chi connectivity index (χ4n) is 1.75. The first-order valence-electron chi connectivity index (χ1n) is 6.11. The summed E-state index contributed by atoms with van der Waals surface area (Å²) in [5, 5.41) is 5.08. The van der Waals surface area contributed by atoms with Gasteiger partial charge in [-0.15, -0.1) is 0 Å². The number of aryl methyl sites for hydroxylation is 1. The van der Waals surface area contributed by atoms with E-state index >= 15 is 0 Å². The topological polar surface area (TPSA) is 41.1 Å². The molecule has 0 unspecified atom stereocenters. The molecule has 2 aromatic carbocycles. The quantitative estimate of drug-likeness (QED) is 0.878. The Morgan fingerprint density at radius 1 is 1.20 bits per heavy atom. The monoisotopic (exact) mass is 292 g/mol. The van der Waals surface area contributed by atoms with Crippen LogP contribution in [-0.2, 0) is 6.54 Å². The fourth-order valence-corrected chi connectivity index (χ4v) is 1.93. The van der Waals surface area contributed by atoms with Crippen molar-refractivity contribution < 1.29 is 9.18 Å². The molecule has 0 heterocycles. The minimum absolute atomic E-state index is 0.0262. The van der Waals surface area contributed by atoms with Crippen LogP contribution in [0.1, 0.15) is 11.1 Å². The predicted octanol–water partition coefficient (Wildman–Crippen LogP) is 4.11. The van der Waals surface area contributed by atoms with Gasteiger partial charge in [0.1, 0.15) is 0 Å². The highest BCUT2D eigenvalue weighted by Gasteiger charge is 2.09. The van der Waals surface area contributed by atoms with Crippen molar-refractivity contribution in [1.29, 1.82) is 0 Å². The highest BCUT2D eigenvalue weighted by atomic mass is 35.5. The molecule has 104 valence electrons. The van der Waals surface area contributed by atoms with Crippen LogP contribution < -0.4 is 10.6 Å². The number of amides is 2. The van der Waals surface area contributed by atoms with Crippen LogP contribution >= 0.6 is 11.6 Å². The highest BCUT2D eigenvalue weighted by molar-refractivity contribution is 6.31. The molecule has 0 saturated heterocycles. The minimum Gasteiger partial charge on any atom is -0.334 e. The molecule has 2 rings (SSSR count). The molecule has 0 bridgehead atoms. The van der Waals surface area contributed by atoms with Crippen LogP contribution in [0.5, 0.6) is 0 Å². The van der Waals surface area contributed by atoms with E-state index in [4.69, 9.17) is 11.6 Å². The number of nitrogens with one attached hydrogen (secondary N) is 2. The highest BCUT2D eigenvalue weighted by Crippen LogP contribution is 2.21. The predicted molar refractivity (Wildman–Crippen MR) is 78.4 cm³/mol. The van der Waals surface area contributed by atoms with Gasteiger partial charge in [-0.3, -0.25) is 0 Å². The van der Waals surface area contributed by atoms with Gasteiger partial charge in [0.25, 0.3) is 0 Å². The lowest BCUT2D eigenvalue weighted by Gasteiger charge is -2.10. The normalized spacial score (nSPS) is 10.2. The van der Waals surface area contributed by atoms with E-state index in [1.807, 2.05) is 31.2 Å². The smallest absolute Gasteiger partial charge is 0.319 e. The second-order valence-corrected chi connectivity index (χ2v) is 4.74. The Bertz CT molecular complexity index is 631. The molecule has 0 fully saturated rings. The molecule has 3 nitrogen and oxygen atoms in total. The fraction of sp³-hybridized carbons (Fsp3) is 0.133. The molecule has 0 radical (unpaired) electrons. The van der Waals surface area contributed by atoms with E-state index in [1.165, 1.54) is 12.1 Å². The average Bonchev–Trinajstić information content (AvgIpc) is 2.43. The zero-order valence-electron chi connectivity index (χ0n) is 10.9. The summed E-state index contributed by atoms with van der Waals surface area (Å²) < 4.78 is 13.6. The Morgan fingerprint density at radius 2 is 1.95 bits per heavy atom. The second kappa shape index (κ2) is 6.39. The van der Waals surface area contributed by atoms with E-state index in [1.54, 1.807) is 6.07 Å². The molecule has 0 aliphatic rings. The van der Waals surface area contributed by atoms with Gasteiger partial charge in [-0.2, -0.15) is 0 Å². The summed E-state index contributed by atoms with van der Waals surface area (Å²) in [6.45, 7) is 2.34. The average molecular weight is 293 g/mol. The summed E-state index contributed by atoms with van der Waals surface area (Å²) in [5.41, 5.74) is 2.15. The Hall–Kier alpha value is -2.07. The Kier molecular flexibility index (Phi) is 4.58. The van der Waals surface area contributed by atoms with E-state index < -0.39 is 11.8 Å². The molecule has 0 aliphatic heterocycles. The maximum Gasteiger partial charge on any atom is 0.319 e. The summed E-state index contributed by atoms with van der Waals surface area (Å²) in [6, 6.07) is 11.7. The Labute approximate surface area is 121 Å². The molecule has 0 spiro atoms. The standard InChI is InChI=1S/C15H14ClFN2O/c1-10-5-2-3-6-11(10)9-18-15(20)19-13-8-4-7-12(16)14(13)17/h2-8H,9H2,1H3,(H2,18,19,20). The van der Waals surface area contributed by atoms with Crippen LogP contribution in [-0.4, -0.2) is 6.03 Å². The van der Waals surface area contributed by atoms with Crippen molar-refractivity contribution >= 4 is 23.3 Å². The number of halogens is 2. The maximum absolute atomic E-state index is 13.6. The number of carbonyl (C=O) groups is 1. The number of urea groups is 1. The maximum atomic E-state index is 13.6. The van der Waals surface area contributed by atoms with Gasteiger partial charge in [-0.05, 0) is 30.2 Å². The number of benzene rings is 2. The molecule has 20 heavy (non-hydrogen) atoms. The van der Waals surface area contributed by atoms with E-state index in [2.05, 4.69) is 10.6 Å². The van der Waals surface area contributed by atoms with Crippen molar-refractivity contribution in [3.63, 3.8) is 0 Å². The SMILES string of the molecule is Cc1ccccc1CNC(=O)Nc1cccc(Cl)c1F. The van der Waals surface area contributed by atoms with Crippen LogP contribution in [0.2, 0.25) is 5.02 Å². The third-order valence-corrected chi connectivity index (χ3v) is 3.19. The lowest BCUT2D eigenvalue weighted by atomic mass is 10.1. The number of hydrogen-bond donors (Lipinski definition) is 2. The molecule has 2 N–H and O–H groups in total. The Balaban J connectivity index is 1.96. The van der Waals surface area contributed by atoms with Gasteiger partial charge in [0.2, 0.25) is 0 Å². The largest absolute Gasteiger partial charge is 0.334 e. The van der Waals surface area contributed by atoms with Crippen molar-refractivity contribution in [3.8, 4) is 0 Å². The van der Waals surface area contributed by atoms with Crippen molar-refractivity contribution in [1.82, 2.24) is 5.32 Å². The summed E-state index contributed by atoms with van der Waals surface area (Å²) in [5.74, 6) is -0.639.